The highest BCUT2D eigenvalue weighted by Gasteiger charge is 2.19. The summed E-state index contributed by atoms with van der Waals surface area (Å²) in [4.78, 5) is 8.74. The minimum absolute atomic E-state index is 0.195. The molecule has 0 amide bonds. The Bertz CT molecular complexity index is 336. The van der Waals surface area contributed by atoms with Crippen LogP contribution in [0.5, 0.6) is 5.75 Å². The first-order chi connectivity index (χ1) is 7.54. The van der Waals surface area contributed by atoms with Crippen molar-refractivity contribution in [1.29, 1.82) is 0 Å². The molecule has 88 valence electrons. The maximum Gasteiger partial charge on any atom is 0.156 e. The zero-order chi connectivity index (χ0) is 11.6. The predicted octanol–water partition coefficient (Wildman–Crippen LogP) is 1.73. The predicted molar refractivity (Wildman–Crippen MR) is 62.6 cm³/mol. The highest BCUT2D eigenvalue weighted by atomic mass is 16.5. The number of rotatable bonds is 2. The van der Waals surface area contributed by atoms with Gasteiger partial charge in [0.1, 0.15) is 11.4 Å². The molecule has 2 rings (SSSR count). The summed E-state index contributed by atoms with van der Waals surface area (Å²) in [5.41, 5.74) is -0.195. The maximum absolute atomic E-state index is 5.68. The molecular formula is C12H19N3O. The Morgan fingerprint density at radius 1 is 1.31 bits per heavy atom. The summed E-state index contributed by atoms with van der Waals surface area (Å²) >= 11 is 0. The zero-order valence-electron chi connectivity index (χ0n) is 10.2. The lowest BCUT2D eigenvalue weighted by molar-refractivity contribution is 0.129. The Morgan fingerprint density at radius 2 is 2.00 bits per heavy atom. The van der Waals surface area contributed by atoms with Gasteiger partial charge in [-0.2, -0.15) is 0 Å². The van der Waals surface area contributed by atoms with Crippen molar-refractivity contribution < 1.29 is 4.74 Å². The topological polar surface area (TPSA) is 47.0 Å². The van der Waals surface area contributed by atoms with Crippen LogP contribution in [0.1, 0.15) is 38.9 Å². The minimum Gasteiger partial charge on any atom is -0.485 e. The lowest BCUT2D eigenvalue weighted by atomic mass is 10.1. The van der Waals surface area contributed by atoms with E-state index >= 15 is 0 Å². The molecule has 0 bridgehead atoms. The third kappa shape index (κ3) is 2.92. The highest BCUT2D eigenvalue weighted by molar-refractivity contribution is 5.15. The van der Waals surface area contributed by atoms with E-state index in [1.54, 1.807) is 12.4 Å². The molecule has 1 atom stereocenters. The monoisotopic (exact) mass is 221 g/mol. The van der Waals surface area contributed by atoms with Crippen LogP contribution in [0.15, 0.2) is 12.4 Å². The molecule has 16 heavy (non-hydrogen) atoms. The second-order valence-corrected chi connectivity index (χ2v) is 5.18. The van der Waals surface area contributed by atoms with Gasteiger partial charge in [0.25, 0.3) is 0 Å². The molecule has 0 aliphatic carbocycles. The fourth-order valence-corrected chi connectivity index (χ4v) is 1.82. The van der Waals surface area contributed by atoms with E-state index in [1.807, 2.05) is 20.8 Å². The average molecular weight is 221 g/mol. The van der Waals surface area contributed by atoms with Crippen LogP contribution < -0.4 is 10.1 Å². The van der Waals surface area contributed by atoms with E-state index < -0.39 is 0 Å². The Labute approximate surface area is 96.4 Å². The second kappa shape index (κ2) is 4.37. The van der Waals surface area contributed by atoms with Crippen LogP contribution in [0, 0.1) is 0 Å². The van der Waals surface area contributed by atoms with Gasteiger partial charge in [-0.3, -0.25) is 0 Å². The summed E-state index contributed by atoms with van der Waals surface area (Å²) in [6.45, 7) is 8.10. The number of hydrogen-bond donors (Lipinski definition) is 1. The standard InChI is InChI=1S/C12H19N3O/c1-12(2,3)16-10-7-14-11(15-8-10)9-4-5-13-6-9/h7-9,13H,4-6H2,1-3H3. The first-order valence-corrected chi connectivity index (χ1v) is 5.76. The molecule has 0 spiro atoms. The first-order valence-electron chi connectivity index (χ1n) is 5.76. The van der Waals surface area contributed by atoms with Gasteiger partial charge in [-0.15, -0.1) is 0 Å². The van der Waals surface area contributed by atoms with E-state index in [1.165, 1.54) is 0 Å². The van der Waals surface area contributed by atoms with E-state index in [4.69, 9.17) is 4.74 Å². The minimum atomic E-state index is -0.195. The van der Waals surface area contributed by atoms with Gasteiger partial charge in [0.15, 0.2) is 5.75 Å². The maximum atomic E-state index is 5.68. The van der Waals surface area contributed by atoms with Crippen molar-refractivity contribution in [2.24, 2.45) is 0 Å². The van der Waals surface area contributed by atoms with Crippen molar-refractivity contribution in [2.45, 2.75) is 38.7 Å². The summed E-state index contributed by atoms with van der Waals surface area (Å²) < 4.78 is 5.68. The van der Waals surface area contributed by atoms with Gasteiger partial charge < -0.3 is 10.1 Å². The van der Waals surface area contributed by atoms with Gasteiger partial charge in [0, 0.05) is 12.5 Å². The fourth-order valence-electron chi connectivity index (χ4n) is 1.82. The molecule has 1 saturated heterocycles. The van der Waals surface area contributed by atoms with E-state index in [-0.39, 0.29) is 5.60 Å². The summed E-state index contributed by atoms with van der Waals surface area (Å²) in [5.74, 6) is 2.12. The molecular weight excluding hydrogens is 202 g/mol. The normalized spacial score (nSPS) is 21.1. The van der Waals surface area contributed by atoms with Crippen LogP contribution in [0.4, 0.5) is 0 Å². The number of hydrogen-bond acceptors (Lipinski definition) is 4. The van der Waals surface area contributed by atoms with Gasteiger partial charge in [0.05, 0.1) is 12.4 Å². The van der Waals surface area contributed by atoms with E-state index in [2.05, 4.69) is 15.3 Å². The Balaban J connectivity index is 2.04. The molecule has 0 aromatic carbocycles. The smallest absolute Gasteiger partial charge is 0.156 e. The molecule has 1 aromatic heterocycles. The van der Waals surface area contributed by atoms with Crippen molar-refractivity contribution in [3.05, 3.63) is 18.2 Å². The van der Waals surface area contributed by atoms with Crippen LogP contribution in [-0.2, 0) is 0 Å². The molecule has 4 heteroatoms. The van der Waals surface area contributed by atoms with Crippen molar-refractivity contribution >= 4 is 0 Å². The van der Waals surface area contributed by atoms with Gasteiger partial charge in [-0.1, -0.05) is 0 Å². The molecule has 0 saturated carbocycles. The van der Waals surface area contributed by atoms with Crippen LogP contribution in [-0.4, -0.2) is 28.7 Å². The van der Waals surface area contributed by atoms with Crippen LogP contribution in [0.3, 0.4) is 0 Å². The number of nitrogens with zero attached hydrogens (tertiary/aromatic N) is 2. The SMILES string of the molecule is CC(C)(C)Oc1cnc(C2CCNC2)nc1. The molecule has 1 aliphatic heterocycles. The Morgan fingerprint density at radius 3 is 2.50 bits per heavy atom. The van der Waals surface area contributed by atoms with Crippen LogP contribution in [0.2, 0.25) is 0 Å². The molecule has 1 N–H and O–H groups in total. The average Bonchev–Trinajstić information content (AvgIpc) is 2.69. The van der Waals surface area contributed by atoms with Gasteiger partial charge in [-0.05, 0) is 33.7 Å². The van der Waals surface area contributed by atoms with E-state index in [0.29, 0.717) is 5.92 Å². The molecule has 1 aliphatic rings. The summed E-state index contributed by atoms with van der Waals surface area (Å²) in [5, 5.41) is 3.31. The highest BCUT2D eigenvalue weighted by Crippen LogP contribution is 2.21. The lowest BCUT2D eigenvalue weighted by Gasteiger charge is -2.20. The molecule has 0 radical (unpaired) electrons. The first kappa shape index (κ1) is 11.3. The fraction of sp³-hybridized carbons (Fsp3) is 0.667. The van der Waals surface area contributed by atoms with Gasteiger partial charge in [-0.25, -0.2) is 9.97 Å². The van der Waals surface area contributed by atoms with Crippen molar-refractivity contribution in [3.63, 3.8) is 0 Å². The van der Waals surface area contributed by atoms with E-state index in [0.717, 1.165) is 31.1 Å². The molecule has 1 aromatic rings. The molecule has 4 nitrogen and oxygen atoms in total. The zero-order valence-corrected chi connectivity index (χ0v) is 10.2. The van der Waals surface area contributed by atoms with Gasteiger partial charge >= 0.3 is 0 Å². The molecule has 2 heterocycles. The van der Waals surface area contributed by atoms with E-state index in [9.17, 15) is 0 Å². The van der Waals surface area contributed by atoms with Crippen LogP contribution >= 0.6 is 0 Å². The van der Waals surface area contributed by atoms with Crippen molar-refractivity contribution in [2.75, 3.05) is 13.1 Å². The number of nitrogens with one attached hydrogen (secondary N) is 1. The third-order valence-corrected chi connectivity index (χ3v) is 2.50. The van der Waals surface area contributed by atoms with Gasteiger partial charge in [0.2, 0.25) is 0 Å². The Hall–Kier alpha value is -1.16. The number of aromatic nitrogens is 2. The Kier molecular flexibility index (Phi) is 3.10. The third-order valence-electron chi connectivity index (χ3n) is 2.50. The summed E-state index contributed by atoms with van der Waals surface area (Å²) in [6.07, 6.45) is 4.66. The summed E-state index contributed by atoms with van der Waals surface area (Å²) in [7, 11) is 0. The van der Waals surface area contributed by atoms with Crippen molar-refractivity contribution in [3.8, 4) is 5.75 Å². The lowest BCUT2D eigenvalue weighted by Crippen LogP contribution is -2.23. The molecule has 1 fully saturated rings. The van der Waals surface area contributed by atoms with Crippen LogP contribution in [0.25, 0.3) is 0 Å². The largest absolute Gasteiger partial charge is 0.485 e. The second-order valence-electron chi connectivity index (χ2n) is 5.18. The number of ether oxygens (including phenoxy) is 1. The quantitative estimate of drug-likeness (QED) is 0.826. The molecule has 1 unspecified atom stereocenters. The summed E-state index contributed by atoms with van der Waals surface area (Å²) in [6, 6.07) is 0. The van der Waals surface area contributed by atoms with Crippen molar-refractivity contribution in [1.82, 2.24) is 15.3 Å².